The Kier molecular flexibility index (Phi) is 8.15. The van der Waals surface area contributed by atoms with Gasteiger partial charge in [0.2, 0.25) is 5.91 Å². The van der Waals surface area contributed by atoms with Crippen molar-refractivity contribution in [2.45, 2.75) is 58.7 Å². The van der Waals surface area contributed by atoms with E-state index in [0.717, 1.165) is 6.42 Å². The second-order valence-electron chi connectivity index (χ2n) is 5.85. The maximum Gasteiger partial charge on any atom is 0.234 e. The molecular formula is C13H29N3O2. The van der Waals surface area contributed by atoms with Gasteiger partial charge in [-0.2, -0.15) is 0 Å². The lowest BCUT2D eigenvalue weighted by Crippen LogP contribution is -2.49. The van der Waals surface area contributed by atoms with E-state index < -0.39 is 12.1 Å². The summed E-state index contributed by atoms with van der Waals surface area (Å²) in [6.45, 7) is 8.47. The number of hydrogen-bond acceptors (Lipinski definition) is 4. The lowest BCUT2D eigenvalue weighted by atomic mass is 9.99. The van der Waals surface area contributed by atoms with E-state index in [-0.39, 0.29) is 11.9 Å². The van der Waals surface area contributed by atoms with Gasteiger partial charge in [0, 0.05) is 12.6 Å². The van der Waals surface area contributed by atoms with Crippen LogP contribution in [0, 0.1) is 11.8 Å². The predicted molar refractivity (Wildman–Crippen MR) is 73.9 cm³/mol. The molecule has 0 unspecified atom stereocenters. The molecule has 0 spiro atoms. The van der Waals surface area contributed by atoms with Crippen LogP contribution in [-0.4, -0.2) is 35.7 Å². The smallest absolute Gasteiger partial charge is 0.234 e. The van der Waals surface area contributed by atoms with Crippen LogP contribution in [0.4, 0.5) is 0 Å². The highest BCUT2D eigenvalue weighted by Crippen LogP contribution is 2.07. The van der Waals surface area contributed by atoms with Crippen molar-refractivity contribution in [2.24, 2.45) is 23.3 Å². The third-order valence-corrected chi connectivity index (χ3v) is 2.86. The van der Waals surface area contributed by atoms with Gasteiger partial charge >= 0.3 is 0 Å². The summed E-state index contributed by atoms with van der Waals surface area (Å²) in [5.41, 5.74) is 11.2. The van der Waals surface area contributed by atoms with Crippen molar-refractivity contribution in [3.05, 3.63) is 0 Å². The number of carbonyl (C=O) groups is 1. The number of aliphatic hydroxyl groups excluding tert-OH is 1. The van der Waals surface area contributed by atoms with Crippen molar-refractivity contribution in [1.82, 2.24) is 5.32 Å². The van der Waals surface area contributed by atoms with Gasteiger partial charge in [0.25, 0.3) is 0 Å². The number of amides is 1. The van der Waals surface area contributed by atoms with Gasteiger partial charge in [-0.25, -0.2) is 0 Å². The number of carbonyl (C=O) groups excluding carboxylic acids is 1. The fourth-order valence-electron chi connectivity index (χ4n) is 1.89. The number of nitrogens with one attached hydrogen (secondary N) is 1. The molecule has 0 saturated heterocycles. The summed E-state index contributed by atoms with van der Waals surface area (Å²) < 4.78 is 0. The van der Waals surface area contributed by atoms with Gasteiger partial charge < -0.3 is 21.9 Å². The van der Waals surface area contributed by atoms with E-state index in [1.807, 2.05) is 13.8 Å². The summed E-state index contributed by atoms with van der Waals surface area (Å²) in [6.07, 6.45) is 0.775. The van der Waals surface area contributed by atoms with E-state index in [4.69, 9.17) is 11.5 Å². The van der Waals surface area contributed by atoms with E-state index in [1.54, 1.807) is 0 Å². The van der Waals surface area contributed by atoms with Gasteiger partial charge in [0.15, 0.2) is 0 Å². The SMILES string of the molecule is CC(C)C[C@H](NC[C@@H](O)[C@@H](N)CC(C)C)C(N)=O. The molecule has 0 aromatic heterocycles. The van der Waals surface area contributed by atoms with Gasteiger partial charge in [0.05, 0.1) is 12.1 Å². The summed E-state index contributed by atoms with van der Waals surface area (Å²) in [5, 5.41) is 12.9. The Balaban J connectivity index is 4.13. The highest BCUT2D eigenvalue weighted by atomic mass is 16.3. The van der Waals surface area contributed by atoms with Crippen molar-refractivity contribution in [1.29, 1.82) is 0 Å². The molecule has 0 aliphatic carbocycles. The molecule has 5 nitrogen and oxygen atoms in total. The molecular weight excluding hydrogens is 230 g/mol. The zero-order chi connectivity index (χ0) is 14.3. The molecule has 0 aromatic carbocycles. The topological polar surface area (TPSA) is 101 Å². The van der Waals surface area contributed by atoms with Crippen molar-refractivity contribution in [2.75, 3.05) is 6.54 Å². The maximum atomic E-state index is 11.2. The second-order valence-corrected chi connectivity index (χ2v) is 5.85. The van der Waals surface area contributed by atoms with Crippen LogP contribution < -0.4 is 16.8 Å². The van der Waals surface area contributed by atoms with Crippen LogP contribution in [0.2, 0.25) is 0 Å². The number of hydrogen-bond donors (Lipinski definition) is 4. The molecule has 5 heteroatoms. The second kappa shape index (κ2) is 8.45. The molecule has 0 fully saturated rings. The summed E-state index contributed by atoms with van der Waals surface area (Å²) in [5.74, 6) is 0.432. The Hall–Kier alpha value is -0.650. The Morgan fingerprint density at radius 2 is 1.67 bits per heavy atom. The van der Waals surface area contributed by atoms with E-state index in [9.17, 15) is 9.90 Å². The highest BCUT2D eigenvalue weighted by molar-refractivity contribution is 5.79. The third kappa shape index (κ3) is 7.63. The Morgan fingerprint density at radius 1 is 1.17 bits per heavy atom. The molecule has 0 rings (SSSR count). The van der Waals surface area contributed by atoms with Crippen molar-refractivity contribution < 1.29 is 9.90 Å². The van der Waals surface area contributed by atoms with Crippen molar-refractivity contribution >= 4 is 5.91 Å². The van der Waals surface area contributed by atoms with Gasteiger partial charge in [-0.1, -0.05) is 27.7 Å². The average Bonchev–Trinajstić information content (AvgIpc) is 2.21. The molecule has 18 heavy (non-hydrogen) atoms. The lowest BCUT2D eigenvalue weighted by molar-refractivity contribution is -0.120. The first kappa shape index (κ1) is 17.4. The molecule has 0 radical (unpaired) electrons. The quantitative estimate of drug-likeness (QED) is 0.475. The van der Waals surface area contributed by atoms with Crippen LogP contribution in [0.3, 0.4) is 0 Å². The first-order chi connectivity index (χ1) is 8.23. The van der Waals surface area contributed by atoms with Crippen LogP contribution in [0.5, 0.6) is 0 Å². The summed E-state index contributed by atoms with van der Waals surface area (Å²) in [7, 11) is 0. The molecule has 0 saturated carbocycles. The standard InChI is InChI=1S/C13H29N3O2/c1-8(2)5-10(14)12(17)7-16-11(13(15)18)6-9(3)4/h8-12,16-17H,5-7,14H2,1-4H3,(H2,15,18)/t10-,11-,12+/m0/s1. The number of rotatable bonds is 9. The molecule has 0 bridgehead atoms. The number of primary amides is 1. The fourth-order valence-corrected chi connectivity index (χ4v) is 1.89. The zero-order valence-corrected chi connectivity index (χ0v) is 12.0. The van der Waals surface area contributed by atoms with Gasteiger partial charge in [-0.05, 0) is 24.7 Å². The highest BCUT2D eigenvalue weighted by Gasteiger charge is 2.20. The molecule has 1 amide bonds. The number of nitrogens with two attached hydrogens (primary N) is 2. The predicted octanol–water partition coefficient (Wildman–Crippen LogP) is 0.210. The minimum Gasteiger partial charge on any atom is -0.390 e. The summed E-state index contributed by atoms with van der Waals surface area (Å²) in [6, 6.07) is -0.670. The van der Waals surface area contributed by atoms with E-state index in [1.165, 1.54) is 0 Å². The van der Waals surface area contributed by atoms with Crippen LogP contribution in [0.25, 0.3) is 0 Å². The molecule has 3 atom stereocenters. The van der Waals surface area contributed by atoms with Crippen molar-refractivity contribution in [3.63, 3.8) is 0 Å². The maximum absolute atomic E-state index is 11.2. The van der Waals surface area contributed by atoms with Crippen molar-refractivity contribution in [3.8, 4) is 0 Å². The Morgan fingerprint density at radius 3 is 2.06 bits per heavy atom. The summed E-state index contributed by atoms with van der Waals surface area (Å²) >= 11 is 0. The normalized spacial score (nSPS) is 16.9. The molecule has 6 N–H and O–H groups in total. The molecule has 108 valence electrons. The molecule has 0 aliphatic heterocycles. The lowest BCUT2D eigenvalue weighted by Gasteiger charge is -2.24. The average molecular weight is 259 g/mol. The third-order valence-electron chi connectivity index (χ3n) is 2.86. The van der Waals surface area contributed by atoms with E-state index in [0.29, 0.717) is 24.8 Å². The van der Waals surface area contributed by atoms with Gasteiger partial charge in [-0.15, -0.1) is 0 Å². The van der Waals surface area contributed by atoms with Gasteiger partial charge in [-0.3, -0.25) is 4.79 Å². The fraction of sp³-hybridized carbons (Fsp3) is 0.923. The molecule has 0 heterocycles. The summed E-state index contributed by atoms with van der Waals surface area (Å²) in [4.78, 5) is 11.2. The van der Waals surface area contributed by atoms with Crippen LogP contribution in [0.15, 0.2) is 0 Å². The first-order valence-corrected chi connectivity index (χ1v) is 6.70. The zero-order valence-electron chi connectivity index (χ0n) is 12.0. The first-order valence-electron chi connectivity index (χ1n) is 6.70. The van der Waals surface area contributed by atoms with Crippen LogP contribution >= 0.6 is 0 Å². The number of aliphatic hydroxyl groups is 1. The van der Waals surface area contributed by atoms with E-state index in [2.05, 4.69) is 19.2 Å². The van der Waals surface area contributed by atoms with Crippen LogP contribution in [0.1, 0.15) is 40.5 Å². The van der Waals surface area contributed by atoms with E-state index >= 15 is 0 Å². The van der Waals surface area contributed by atoms with Crippen LogP contribution in [-0.2, 0) is 4.79 Å². The Labute approximate surface area is 110 Å². The van der Waals surface area contributed by atoms with Gasteiger partial charge in [0.1, 0.15) is 0 Å². The monoisotopic (exact) mass is 259 g/mol. The minimum atomic E-state index is -0.651. The molecule has 0 aliphatic rings. The Bertz CT molecular complexity index is 244. The largest absolute Gasteiger partial charge is 0.390 e. The molecule has 0 aromatic rings. The minimum absolute atomic E-state index is 0.273.